The summed E-state index contributed by atoms with van der Waals surface area (Å²) in [6.07, 6.45) is 5.63. The molecule has 25 heavy (non-hydrogen) atoms. The van der Waals surface area contributed by atoms with Crippen molar-refractivity contribution >= 4 is 16.8 Å². The lowest BCUT2D eigenvalue weighted by Gasteiger charge is -2.54. The van der Waals surface area contributed by atoms with Gasteiger partial charge in [0, 0.05) is 35.5 Å². The standard InChI is InChI=1S/C20H24N2O3/c1-2-20-5-3-4-10-13(21)6-12-11-7-15(23)16(24)8-14(11)22(17(25)9-20)19(12)18(10)20/h7-8,10,13,18,23-24H,2-6,9,21H2,1H3/t10-,13+,18-,20+/m0/s1. The van der Waals surface area contributed by atoms with Crippen molar-refractivity contribution in [1.82, 2.24) is 4.57 Å². The van der Waals surface area contributed by atoms with Crippen LogP contribution in [-0.4, -0.2) is 26.7 Å². The van der Waals surface area contributed by atoms with Crippen molar-refractivity contribution in [2.24, 2.45) is 17.1 Å². The number of aromatic hydroxyl groups is 2. The molecule has 0 spiro atoms. The van der Waals surface area contributed by atoms with Crippen LogP contribution in [0, 0.1) is 11.3 Å². The number of benzene rings is 1. The van der Waals surface area contributed by atoms with Gasteiger partial charge in [-0.3, -0.25) is 9.36 Å². The molecule has 0 radical (unpaired) electrons. The number of carbonyl (C=O) groups excluding carboxylic acids is 1. The van der Waals surface area contributed by atoms with Crippen LogP contribution in [0.2, 0.25) is 0 Å². The van der Waals surface area contributed by atoms with Crippen LogP contribution in [-0.2, 0) is 6.42 Å². The summed E-state index contributed by atoms with van der Waals surface area (Å²) in [5, 5.41) is 20.8. The first kappa shape index (κ1) is 15.3. The van der Waals surface area contributed by atoms with Crippen LogP contribution >= 0.6 is 0 Å². The molecule has 1 aliphatic heterocycles. The van der Waals surface area contributed by atoms with Crippen LogP contribution < -0.4 is 5.73 Å². The third kappa shape index (κ3) is 1.74. The second-order valence-corrected chi connectivity index (χ2v) is 8.25. The van der Waals surface area contributed by atoms with E-state index in [9.17, 15) is 15.0 Å². The molecule has 0 bridgehead atoms. The van der Waals surface area contributed by atoms with Gasteiger partial charge < -0.3 is 15.9 Å². The number of aromatic nitrogens is 1. The third-order valence-corrected chi connectivity index (χ3v) is 7.25. The zero-order valence-corrected chi connectivity index (χ0v) is 14.5. The summed E-state index contributed by atoms with van der Waals surface area (Å²) < 4.78 is 1.83. The van der Waals surface area contributed by atoms with E-state index in [0.717, 1.165) is 48.7 Å². The van der Waals surface area contributed by atoms with Crippen molar-refractivity contribution in [3.63, 3.8) is 0 Å². The number of hydrogen-bond donors (Lipinski definition) is 3. The summed E-state index contributed by atoms with van der Waals surface area (Å²) in [6, 6.07) is 3.22. The predicted molar refractivity (Wildman–Crippen MR) is 95.0 cm³/mol. The fraction of sp³-hybridized carbons (Fsp3) is 0.550. The summed E-state index contributed by atoms with van der Waals surface area (Å²) in [5.74, 6) is 0.521. The van der Waals surface area contributed by atoms with Crippen molar-refractivity contribution in [3.8, 4) is 11.5 Å². The molecule has 1 aromatic heterocycles. The van der Waals surface area contributed by atoms with Gasteiger partial charge in [-0.1, -0.05) is 13.3 Å². The quantitative estimate of drug-likeness (QED) is 0.695. The highest BCUT2D eigenvalue weighted by Crippen LogP contribution is 2.61. The Morgan fingerprint density at radius 3 is 2.84 bits per heavy atom. The lowest BCUT2D eigenvalue weighted by atomic mass is 9.52. The molecule has 2 aromatic rings. The highest BCUT2D eigenvalue weighted by atomic mass is 16.3. The Morgan fingerprint density at radius 2 is 2.08 bits per heavy atom. The Hall–Kier alpha value is -2.01. The highest BCUT2D eigenvalue weighted by molar-refractivity contribution is 5.99. The van der Waals surface area contributed by atoms with E-state index in [1.807, 2.05) is 4.57 Å². The zero-order valence-electron chi connectivity index (χ0n) is 14.5. The molecular formula is C20H24N2O3. The number of fused-ring (bicyclic) bond motifs is 3. The monoisotopic (exact) mass is 340 g/mol. The van der Waals surface area contributed by atoms with Gasteiger partial charge in [0.05, 0.1) is 5.52 Å². The van der Waals surface area contributed by atoms with Gasteiger partial charge in [0.15, 0.2) is 11.5 Å². The molecule has 0 amide bonds. The van der Waals surface area contributed by atoms with Gasteiger partial charge in [-0.2, -0.15) is 0 Å². The summed E-state index contributed by atoms with van der Waals surface area (Å²) in [6.45, 7) is 2.20. The average Bonchev–Trinajstić information content (AvgIpc) is 2.89. The number of hydrogen-bond acceptors (Lipinski definition) is 4. The average molecular weight is 340 g/mol. The van der Waals surface area contributed by atoms with E-state index >= 15 is 0 Å². The first-order chi connectivity index (χ1) is 12.0. The molecule has 1 aromatic carbocycles. The highest BCUT2D eigenvalue weighted by Gasteiger charge is 2.55. The molecular weight excluding hydrogens is 316 g/mol. The Kier molecular flexibility index (Phi) is 2.92. The molecule has 3 aliphatic rings. The van der Waals surface area contributed by atoms with Crippen LogP contribution in [0.25, 0.3) is 10.9 Å². The summed E-state index contributed by atoms with van der Waals surface area (Å²) in [4.78, 5) is 13.1. The van der Waals surface area contributed by atoms with E-state index < -0.39 is 0 Å². The third-order valence-electron chi connectivity index (χ3n) is 7.25. The molecule has 0 saturated heterocycles. The van der Waals surface area contributed by atoms with Crippen LogP contribution in [0.1, 0.15) is 61.0 Å². The molecule has 4 N–H and O–H groups in total. The minimum absolute atomic E-state index is 0.0151. The molecule has 1 fully saturated rings. The first-order valence-corrected chi connectivity index (χ1v) is 9.35. The molecule has 4 atom stereocenters. The summed E-state index contributed by atoms with van der Waals surface area (Å²) in [7, 11) is 0. The number of rotatable bonds is 1. The molecule has 1 saturated carbocycles. The van der Waals surface area contributed by atoms with E-state index in [4.69, 9.17) is 5.73 Å². The number of nitrogens with zero attached hydrogens (tertiary/aromatic N) is 1. The van der Waals surface area contributed by atoms with Gasteiger partial charge in [-0.25, -0.2) is 0 Å². The number of phenolic OH excluding ortho intramolecular Hbond substituents is 2. The van der Waals surface area contributed by atoms with Crippen molar-refractivity contribution in [3.05, 3.63) is 23.4 Å². The molecule has 0 unspecified atom stereocenters. The van der Waals surface area contributed by atoms with E-state index in [-0.39, 0.29) is 28.9 Å². The fourth-order valence-electron chi connectivity index (χ4n) is 6.11. The largest absolute Gasteiger partial charge is 0.504 e. The van der Waals surface area contributed by atoms with Crippen molar-refractivity contribution < 1.29 is 15.0 Å². The fourth-order valence-corrected chi connectivity index (χ4v) is 6.11. The zero-order chi connectivity index (χ0) is 17.5. The Balaban J connectivity index is 1.89. The van der Waals surface area contributed by atoms with Gasteiger partial charge >= 0.3 is 0 Å². The molecule has 5 heteroatoms. The first-order valence-electron chi connectivity index (χ1n) is 9.35. The predicted octanol–water partition coefficient (Wildman–Crippen LogP) is 3.26. The Bertz CT molecular complexity index is 916. The second-order valence-electron chi connectivity index (χ2n) is 8.25. The van der Waals surface area contributed by atoms with Crippen molar-refractivity contribution in [2.45, 2.75) is 57.4 Å². The molecule has 2 aliphatic carbocycles. The maximum absolute atomic E-state index is 13.1. The van der Waals surface area contributed by atoms with Crippen LogP contribution in [0.5, 0.6) is 11.5 Å². The minimum Gasteiger partial charge on any atom is -0.504 e. The Labute approximate surface area is 146 Å². The summed E-state index contributed by atoms with van der Waals surface area (Å²) in [5.41, 5.74) is 9.55. The lowest BCUT2D eigenvalue weighted by molar-refractivity contribution is 0.0328. The number of phenols is 2. The van der Waals surface area contributed by atoms with Crippen LogP contribution in [0.3, 0.4) is 0 Å². The number of carbonyl (C=O) groups is 1. The topological polar surface area (TPSA) is 88.5 Å². The molecule has 5 nitrogen and oxygen atoms in total. The number of nitrogens with two attached hydrogens (primary N) is 1. The smallest absolute Gasteiger partial charge is 0.231 e. The van der Waals surface area contributed by atoms with Gasteiger partial charge in [0.1, 0.15) is 0 Å². The van der Waals surface area contributed by atoms with E-state index in [1.54, 1.807) is 6.07 Å². The van der Waals surface area contributed by atoms with Crippen molar-refractivity contribution in [1.29, 1.82) is 0 Å². The maximum Gasteiger partial charge on any atom is 0.231 e. The van der Waals surface area contributed by atoms with Gasteiger partial charge in [0.25, 0.3) is 0 Å². The SMILES string of the molecule is CC[C@@]12CCC[C@H]3[C@H](N)Cc4c(n(c5cc(O)c(O)cc45)C(=O)C1)[C@H]32. The van der Waals surface area contributed by atoms with E-state index in [0.29, 0.717) is 23.8 Å². The maximum atomic E-state index is 13.1. The van der Waals surface area contributed by atoms with E-state index in [2.05, 4.69) is 6.92 Å². The van der Waals surface area contributed by atoms with Gasteiger partial charge in [-0.05, 0) is 48.6 Å². The van der Waals surface area contributed by atoms with Crippen LogP contribution in [0.15, 0.2) is 12.1 Å². The Morgan fingerprint density at radius 1 is 1.32 bits per heavy atom. The van der Waals surface area contributed by atoms with E-state index in [1.165, 1.54) is 6.07 Å². The normalized spacial score (nSPS) is 33.5. The molecule has 2 heterocycles. The van der Waals surface area contributed by atoms with Gasteiger partial charge in [0.2, 0.25) is 5.91 Å². The van der Waals surface area contributed by atoms with Crippen LogP contribution in [0.4, 0.5) is 0 Å². The summed E-state index contributed by atoms with van der Waals surface area (Å²) >= 11 is 0. The minimum atomic E-state index is -0.178. The lowest BCUT2D eigenvalue weighted by Crippen LogP contribution is -2.52. The van der Waals surface area contributed by atoms with Crippen molar-refractivity contribution in [2.75, 3.05) is 0 Å². The second kappa shape index (κ2) is 4.79. The molecule has 5 rings (SSSR count). The van der Waals surface area contributed by atoms with Gasteiger partial charge in [-0.15, -0.1) is 0 Å². The molecule has 132 valence electrons.